The van der Waals surface area contributed by atoms with Crippen molar-refractivity contribution in [3.63, 3.8) is 0 Å². The van der Waals surface area contributed by atoms with Gasteiger partial charge in [-0.05, 0) is 53.8 Å². The maximum atomic E-state index is 16.0. The predicted octanol–water partition coefficient (Wildman–Crippen LogP) is 5.37. The lowest BCUT2D eigenvalue weighted by Gasteiger charge is -2.37. The number of methoxy groups -OCH3 is 1. The molecule has 0 aromatic heterocycles. The molecule has 12 nitrogen and oxygen atoms in total. The first-order valence-corrected chi connectivity index (χ1v) is 18.0. The number of hydrogen-bond acceptors (Lipinski definition) is 11. The van der Waals surface area contributed by atoms with Gasteiger partial charge in [-0.15, -0.1) is 0 Å². The number of anilines is 1. The van der Waals surface area contributed by atoms with Gasteiger partial charge in [-0.3, -0.25) is 13.6 Å². The summed E-state index contributed by atoms with van der Waals surface area (Å²) >= 11 is 12.3. The zero-order valence-corrected chi connectivity index (χ0v) is 33.3. The molecule has 0 saturated carbocycles. The van der Waals surface area contributed by atoms with Gasteiger partial charge in [-0.25, -0.2) is 13.6 Å². The van der Waals surface area contributed by atoms with E-state index in [4.69, 9.17) is 37.4 Å². The molecule has 2 aliphatic heterocycles. The van der Waals surface area contributed by atoms with Crippen molar-refractivity contribution < 1.29 is 61.8 Å². The van der Waals surface area contributed by atoms with Crippen LogP contribution in [0.3, 0.4) is 0 Å². The Morgan fingerprint density at radius 2 is 1.65 bits per heavy atom. The molecule has 2 heterocycles. The molecule has 0 spiro atoms. The van der Waals surface area contributed by atoms with Crippen molar-refractivity contribution in [3.05, 3.63) is 93.0 Å². The number of benzene rings is 3. The van der Waals surface area contributed by atoms with Gasteiger partial charge >= 0.3 is 5.97 Å². The number of alkyl halides is 2. The first kappa shape index (κ1) is 47.3. The average molecular weight is 847 g/mol. The lowest BCUT2D eigenvalue weighted by atomic mass is 9.62. The van der Waals surface area contributed by atoms with E-state index in [1.807, 2.05) is 20.8 Å². The molecule has 6 N–H and O–H groups in total. The number of ether oxygens (including phenoxy) is 3. The molecule has 57 heavy (non-hydrogen) atoms. The highest BCUT2D eigenvalue weighted by Crippen LogP contribution is 2.53. The van der Waals surface area contributed by atoms with Crippen molar-refractivity contribution in [3.8, 4) is 11.8 Å². The number of amides is 1. The quantitative estimate of drug-likeness (QED) is 0.120. The molecule has 3 aromatic rings. The van der Waals surface area contributed by atoms with Crippen LogP contribution < -0.4 is 15.4 Å². The van der Waals surface area contributed by atoms with Gasteiger partial charge in [0.1, 0.15) is 53.8 Å². The Hall–Kier alpha value is -4.05. The summed E-state index contributed by atoms with van der Waals surface area (Å²) in [6, 6.07) is 12.0. The molecule has 5 rings (SSSR count). The summed E-state index contributed by atoms with van der Waals surface area (Å²) in [4.78, 5) is 27.3. The van der Waals surface area contributed by atoms with Crippen LogP contribution in [0, 0.1) is 28.4 Å². The molecular weight excluding hydrogens is 801 g/mol. The number of nitriles is 1. The number of carbonyl (C=O) groups is 2. The minimum absolute atomic E-state index is 0.000680. The van der Waals surface area contributed by atoms with E-state index in [9.17, 15) is 44.1 Å². The molecule has 0 radical (unpaired) electrons. The SMILES string of the molecule is CF.CF.COc1cc(C(=O)OC[C@H]2OC(O)[C@H](O)C(O)[C@@H]2O)ccc1NC(=O)[C@@H]1N[C@@H](CC(C)(C)C)[C@](C#N)(c2ccc(Cl)cc2F)[C@H]1c1cccc(Cl)c1F. The summed E-state index contributed by atoms with van der Waals surface area (Å²) in [6.07, 6.45) is -8.10. The number of rotatable bonds is 9. The van der Waals surface area contributed by atoms with Gasteiger partial charge in [0.25, 0.3) is 0 Å². The summed E-state index contributed by atoms with van der Waals surface area (Å²) in [5.41, 5.74) is -2.47. The number of nitrogens with zero attached hydrogens (tertiary/aromatic N) is 1. The number of hydrogen-bond donors (Lipinski definition) is 6. The molecule has 9 atom stereocenters. The number of aliphatic hydroxyl groups is 4. The van der Waals surface area contributed by atoms with Crippen LogP contribution in [0.15, 0.2) is 54.6 Å². The summed E-state index contributed by atoms with van der Waals surface area (Å²) in [5.74, 6) is -4.68. The molecular formula is C39H45Cl2F4N3O9. The number of aliphatic hydroxyl groups excluding tert-OH is 4. The topological polar surface area (TPSA) is 191 Å². The molecule has 2 unspecified atom stereocenters. The fourth-order valence-electron chi connectivity index (χ4n) is 7.00. The summed E-state index contributed by atoms with van der Waals surface area (Å²) in [6.45, 7) is 5.14. The molecule has 2 fully saturated rings. The molecule has 0 bridgehead atoms. The Morgan fingerprint density at radius 3 is 2.25 bits per heavy atom. The van der Waals surface area contributed by atoms with E-state index in [0.29, 0.717) is 14.4 Å². The molecule has 2 saturated heterocycles. The van der Waals surface area contributed by atoms with E-state index in [1.165, 1.54) is 55.6 Å². The standard InChI is InChI=1S/C37H39Cl2F2N3O9.2CH3F/c1-36(2,3)14-26-37(16-42,20-10-9-18(38)13-22(20)40)27(19-6-5-7-21(39)28(19)41)29(44-26)33(48)43-23-11-8-17(12-24(23)51-4)34(49)52-15-25-30(45)31(46)32(47)35(50)53-25;2*1-2/h5-13,25-27,29-32,35,44-47,50H,14-15H2,1-4H3,(H,43,48);2*1H3/t25-,26+,27+,29-,30-,31?,32-,35?,37+;;/m1../s1. The first-order valence-electron chi connectivity index (χ1n) is 17.3. The number of carbonyl (C=O) groups excluding carboxylic acids is 2. The van der Waals surface area contributed by atoms with E-state index >= 15 is 8.78 Å². The fourth-order valence-corrected chi connectivity index (χ4v) is 7.34. The molecule has 2 aliphatic rings. The van der Waals surface area contributed by atoms with Crippen LogP contribution in [0.2, 0.25) is 10.0 Å². The van der Waals surface area contributed by atoms with Gasteiger partial charge < -0.3 is 45.3 Å². The van der Waals surface area contributed by atoms with Gasteiger partial charge in [0.15, 0.2) is 6.29 Å². The Bertz CT molecular complexity index is 1920. The van der Waals surface area contributed by atoms with Crippen molar-refractivity contribution in [2.75, 3.05) is 33.4 Å². The largest absolute Gasteiger partial charge is 0.495 e. The smallest absolute Gasteiger partial charge is 0.338 e. The molecule has 1 amide bonds. The molecule has 0 aliphatic carbocycles. The van der Waals surface area contributed by atoms with Gasteiger partial charge in [-0.2, -0.15) is 5.26 Å². The van der Waals surface area contributed by atoms with Crippen molar-refractivity contribution in [1.82, 2.24) is 5.32 Å². The number of esters is 1. The summed E-state index contributed by atoms with van der Waals surface area (Å²) in [7, 11) is 2.28. The predicted molar refractivity (Wildman–Crippen MR) is 203 cm³/mol. The van der Waals surface area contributed by atoms with Crippen LogP contribution in [-0.2, 0) is 19.7 Å². The Balaban J connectivity index is 0.00000211. The van der Waals surface area contributed by atoms with Crippen molar-refractivity contribution >= 4 is 40.8 Å². The monoisotopic (exact) mass is 845 g/mol. The van der Waals surface area contributed by atoms with Gasteiger partial charge in [0, 0.05) is 22.5 Å². The van der Waals surface area contributed by atoms with Crippen LogP contribution in [-0.4, -0.2) is 103 Å². The third-order valence-electron chi connectivity index (χ3n) is 9.49. The normalized spacial score (nSPS) is 26.8. The summed E-state index contributed by atoms with van der Waals surface area (Å²) < 4.78 is 66.6. The number of halogens is 6. The second-order valence-electron chi connectivity index (χ2n) is 14.2. The minimum Gasteiger partial charge on any atom is -0.495 e. The van der Waals surface area contributed by atoms with Crippen LogP contribution in [0.5, 0.6) is 5.75 Å². The molecule has 18 heteroatoms. The highest BCUT2D eigenvalue weighted by Gasteiger charge is 2.61. The van der Waals surface area contributed by atoms with Crippen LogP contribution in [0.1, 0.15) is 54.6 Å². The first-order chi connectivity index (χ1) is 26.9. The molecule has 312 valence electrons. The van der Waals surface area contributed by atoms with Gasteiger partial charge in [0.05, 0.1) is 49.8 Å². The van der Waals surface area contributed by atoms with E-state index in [-0.39, 0.29) is 44.6 Å². The number of nitrogens with one attached hydrogen (secondary N) is 2. The van der Waals surface area contributed by atoms with Crippen LogP contribution in [0.25, 0.3) is 0 Å². The van der Waals surface area contributed by atoms with Crippen molar-refractivity contribution in [2.45, 2.75) is 81.3 Å². The van der Waals surface area contributed by atoms with E-state index in [1.54, 1.807) is 0 Å². The third-order valence-corrected chi connectivity index (χ3v) is 10.0. The van der Waals surface area contributed by atoms with Crippen LogP contribution >= 0.6 is 23.2 Å². The second kappa shape index (κ2) is 20.1. The van der Waals surface area contributed by atoms with Gasteiger partial charge in [0.2, 0.25) is 5.91 Å². The zero-order valence-electron chi connectivity index (χ0n) is 31.8. The Kier molecular flexibility index (Phi) is 16.7. The van der Waals surface area contributed by atoms with Gasteiger partial charge in [-0.1, -0.05) is 62.2 Å². The Labute approximate surface area is 337 Å². The van der Waals surface area contributed by atoms with E-state index < -0.39 is 89.7 Å². The third kappa shape index (κ3) is 10.2. The van der Waals surface area contributed by atoms with Crippen molar-refractivity contribution in [1.29, 1.82) is 5.26 Å². The van der Waals surface area contributed by atoms with E-state index in [0.717, 1.165) is 6.07 Å². The Morgan fingerprint density at radius 1 is 0.982 bits per heavy atom. The highest BCUT2D eigenvalue weighted by molar-refractivity contribution is 6.31. The zero-order chi connectivity index (χ0) is 43.0. The molecule has 3 aromatic carbocycles. The van der Waals surface area contributed by atoms with E-state index in [2.05, 4.69) is 16.7 Å². The maximum absolute atomic E-state index is 16.0. The second-order valence-corrected chi connectivity index (χ2v) is 15.1. The lowest BCUT2D eigenvalue weighted by molar-refractivity contribution is -0.286. The summed E-state index contributed by atoms with van der Waals surface area (Å²) in [5, 5.41) is 56.3. The lowest BCUT2D eigenvalue weighted by Crippen LogP contribution is -2.58. The minimum atomic E-state index is -1.85. The average Bonchev–Trinajstić information content (AvgIpc) is 3.50. The maximum Gasteiger partial charge on any atom is 0.338 e. The van der Waals surface area contributed by atoms with Crippen molar-refractivity contribution in [2.24, 2.45) is 5.41 Å². The fraction of sp³-hybridized carbons (Fsp3) is 0.462. The van der Waals surface area contributed by atoms with Crippen LogP contribution in [0.4, 0.5) is 23.2 Å². The highest BCUT2D eigenvalue weighted by atomic mass is 35.5.